The molecule has 1 saturated heterocycles. The SMILES string of the molecule is Cc1cc(N2CCCOCC2)ccc1NC1CC2(CC(NC(=O)OC(C)(C)C)C2)C1. The molecular weight excluding hydrogens is 378 g/mol. The molecule has 1 heterocycles. The molecule has 0 unspecified atom stereocenters. The Kier molecular flexibility index (Phi) is 5.88. The summed E-state index contributed by atoms with van der Waals surface area (Å²) in [5.74, 6) is 0. The summed E-state index contributed by atoms with van der Waals surface area (Å²) in [6, 6.07) is 7.56. The zero-order valence-corrected chi connectivity index (χ0v) is 18.9. The van der Waals surface area contributed by atoms with Crippen molar-refractivity contribution < 1.29 is 14.3 Å². The van der Waals surface area contributed by atoms with Crippen LogP contribution < -0.4 is 15.5 Å². The van der Waals surface area contributed by atoms with Gasteiger partial charge in [-0.3, -0.25) is 0 Å². The average molecular weight is 416 g/mol. The molecule has 2 aliphatic carbocycles. The standard InChI is InChI=1S/C24H37N3O3/c1-17-12-20(27-8-5-10-29-11-9-27)6-7-21(17)25-18-13-24(14-18)15-19(16-24)26-22(28)30-23(2,3)4/h6-7,12,18-19,25H,5,8-11,13-16H2,1-4H3,(H,26,28). The lowest BCUT2D eigenvalue weighted by atomic mass is 9.52. The third kappa shape index (κ3) is 5.02. The van der Waals surface area contributed by atoms with Gasteiger partial charge in [-0.15, -0.1) is 0 Å². The third-order valence-corrected chi connectivity index (χ3v) is 6.60. The molecule has 3 aliphatic rings. The molecule has 1 aliphatic heterocycles. The van der Waals surface area contributed by atoms with Crippen LogP contribution in [0.15, 0.2) is 18.2 Å². The van der Waals surface area contributed by atoms with E-state index in [1.807, 2.05) is 20.8 Å². The smallest absolute Gasteiger partial charge is 0.407 e. The molecule has 3 fully saturated rings. The van der Waals surface area contributed by atoms with Crippen LogP contribution in [0.4, 0.5) is 16.2 Å². The first kappa shape index (κ1) is 21.3. The van der Waals surface area contributed by atoms with E-state index < -0.39 is 5.60 Å². The topological polar surface area (TPSA) is 62.8 Å². The lowest BCUT2D eigenvalue weighted by Gasteiger charge is -2.58. The molecule has 1 aromatic carbocycles. The van der Waals surface area contributed by atoms with Gasteiger partial charge in [0.05, 0.1) is 6.61 Å². The number of nitrogens with one attached hydrogen (secondary N) is 2. The number of alkyl carbamates (subject to hydrolysis) is 1. The predicted molar refractivity (Wildman–Crippen MR) is 120 cm³/mol. The first-order valence-electron chi connectivity index (χ1n) is 11.4. The number of benzene rings is 1. The fourth-order valence-corrected chi connectivity index (χ4v) is 5.21. The fraction of sp³-hybridized carbons (Fsp3) is 0.708. The van der Waals surface area contributed by atoms with Gasteiger partial charge in [0.2, 0.25) is 0 Å². The predicted octanol–water partition coefficient (Wildman–Crippen LogP) is 4.47. The van der Waals surface area contributed by atoms with E-state index in [2.05, 4.69) is 40.7 Å². The highest BCUT2D eigenvalue weighted by molar-refractivity contribution is 5.68. The van der Waals surface area contributed by atoms with Gasteiger partial charge in [0, 0.05) is 43.2 Å². The molecule has 1 amide bonds. The Morgan fingerprint density at radius 2 is 1.87 bits per heavy atom. The van der Waals surface area contributed by atoms with Crippen molar-refractivity contribution in [1.29, 1.82) is 0 Å². The number of carbonyl (C=O) groups is 1. The number of hydrogen-bond donors (Lipinski definition) is 2. The number of amides is 1. The van der Waals surface area contributed by atoms with Crippen LogP contribution >= 0.6 is 0 Å². The number of anilines is 2. The number of hydrogen-bond acceptors (Lipinski definition) is 5. The monoisotopic (exact) mass is 415 g/mol. The normalized spacial score (nSPS) is 28.9. The zero-order valence-electron chi connectivity index (χ0n) is 18.9. The van der Waals surface area contributed by atoms with Crippen LogP contribution in [0.1, 0.15) is 58.4 Å². The van der Waals surface area contributed by atoms with E-state index >= 15 is 0 Å². The summed E-state index contributed by atoms with van der Waals surface area (Å²) in [5.41, 5.74) is 3.82. The highest BCUT2D eigenvalue weighted by Gasteiger charge is 2.53. The van der Waals surface area contributed by atoms with Gasteiger partial charge >= 0.3 is 6.09 Å². The quantitative estimate of drug-likeness (QED) is 0.760. The molecule has 166 valence electrons. The molecule has 1 spiro atoms. The van der Waals surface area contributed by atoms with Crippen molar-refractivity contribution in [1.82, 2.24) is 5.32 Å². The Hall–Kier alpha value is -1.95. The minimum atomic E-state index is -0.439. The molecule has 6 nitrogen and oxygen atoms in total. The molecule has 0 bridgehead atoms. The number of nitrogens with zero attached hydrogens (tertiary/aromatic N) is 1. The Morgan fingerprint density at radius 3 is 2.57 bits per heavy atom. The lowest BCUT2D eigenvalue weighted by Crippen LogP contribution is -2.59. The molecule has 2 N–H and O–H groups in total. The summed E-state index contributed by atoms with van der Waals surface area (Å²) in [6.07, 6.45) is 5.31. The number of ether oxygens (including phenoxy) is 2. The molecule has 30 heavy (non-hydrogen) atoms. The van der Waals surface area contributed by atoms with Gasteiger partial charge in [-0.1, -0.05) is 0 Å². The van der Waals surface area contributed by atoms with Gasteiger partial charge in [0.25, 0.3) is 0 Å². The second kappa shape index (κ2) is 8.29. The van der Waals surface area contributed by atoms with Crippen LogP contribution in [0.5, 0.6) is 0 Å². The maximum Gasteiger partial charge on any atom is 0.407 e. The molecule has 0 atom stereocenters. The fourth-order valence-electron chi connectivity index (χ4n) is 5.21. The van der Waals surface area contributed by atoms with Crippen molar-refractivity contribution in [3.8, 4) is 0 Å². The summed E-state index contributed by atoms with van der Waals surface area (Å²) in [5, 5.41) is 6.76. The molecule has 2 saturated carbocycles. The molecular formula is C24H37N3O3. The van der Waals surface area contributed by atoms with Gasteiger partial charge < -0.3 is 25.0 Å². The van der Waals surface area contributed by atoms with Crippen molar-refractivity contribution in [2.45, 2.75) is 77.5 Å². The van der Waals surface area contributed by atoms with Crippen molar-refractivity contribution in [3.05, 3.63) is 23.8 Å². The Balaban J connectivity index is 1.22. The van der Waals surface area contributed by atoms with Crippen LogP contribution in [0.2, 0.25) is 0 Å². The second-order valence-corrected chi connectivity index (χ2v) is 10.5. The molecule has 6 heteroatoms. The second-order valence-electron chi connectivity index (χ2n) is 10.5. The minimum absolute atomic E-state index is 0.263. The zero-order chi connectivity index (χ0) is 21.4. The minimum Gasteiger partial charge on any atom is -0.444 e. The van der Waals surface area contributed by atoms with Crippen molar-refractivity contribution in [2.75, 3.05) is 36.5 Å². The van der Waals surface area contributed by atoms with Gasteiger partial charge in [-0.25, -0.2) is 4.79 Å². The summed E-state index contributed by atoms with van der Waals surface area (Å²) in [6.45, 7) is 11.6. The molecule has 4 rings (SSSR count). The average Bonchev–Trinajstić information content (AvgIpc) is 2.87. The Labute approximate surface area is 180 Å². The van der Waals surface area contributed by atoms with Crippen molar-refractivity contribution >= 4 is 17.5 Å². The Morgan fingerprint density at radius 1 is 1.13 bits per heavy atom. The molecule has 0 aromatic heterocycles. The van der Waals surface area contributed by atoms with Crippen LogP contribution in [-0.2, 0) is 9.47 Å². The summed E-state index contributed by atoms with van der Waals surface area (Å²) in [4.78, 5) is 14.4. The summed E-state index contributed by atoms with van der Waals surface area (Å²) in [7, 11) is 0. The van der Waals surface area contributed by atoms with E-state index in [1.54, 1.807) is 0 Å². The van der Waals surface area contributed by atoms with Crippen molar-refractivity contribution in [3.63, 3.8) is 0 Å². The highest BCUT2D eigenvalue weighted by atomic mass is 16.6. The van der Waals surface area contributed by atoms with E-state index in [0.717, 1.165) is 45.6 Å². The number of carbonyl (C=O) groups excluding carboxylic acids is 1. The summed E-state index contributed by atoms with van der Waals surface area (Å²) < 4.78 is 10.9. The van der Waals surface area contributed by atoms with Gasteiger partial charge in [-0.05, 0) is 89.0 Å². The van der Waals surface area contributed by atoms with Crippen LogP contribution in [0, 0.1) is 12.3 Å². The Bertz CT molecular complexity index is 751. The van der Waals surface area contributed by atoms with E-state index in [0.29, 0.717) is 11.5 Å². The third-order valence-electron chi connectivity index (χ3n) is 6.60. The summed E-state index contributed by atoms with van der Waals surface area (Å²) >= 11 is 0. The molecule has 1 aromatic rings. The molecule has 0 radical (unpaired) electrons. The van der Waals surface area contributed by atoms with Gasteiger partial charge in [0.1, 0.15) is 5.60 Å². The number of rotatable bonds is 4. The maximum absolute atomic E-state index is 11.9. The number of aryl methyl sites for hydroxylation is 1. The largest absolute Gasteiger partial charge is 0.444 e. The van der Waals surface area contributed by atoms with Crippen molar-refractivity contribution in [2.24, 2.45) is 5.41 Å². The van der Waals surface area contributed by atoms with Crippen LogP contribution in [0.3, 0.4) is 0 Å². The first-order chi connectivity index (χ1) is 14.2. The van der Waals surface area contributed by atoms with Gasteiger partial charge in [0.15, 0.2) is 0 Å². The van der Waals surface area contributed by atoms with Gasteiger partial charge in [-0.2, -0.15) is 0 Å². The van der Waals surface area contributed by atoms with Crippen LogP contribution in [0.25, 0.3) is 0 Å². The van der Waals surface area contributed by atoms with E-state index in [9.17, 15) is 4.79 Å². The van der Waals surface area contributed by atoms with Crippen LogP contribution in [-0.4, -0.2) is 50.1 Å². The van der Waals surface area contributed by atoms with E-state index in [-0.39, 0.29) is 12.1 Å². The first-order valence-corrected chi connectivity index (χ1v) is 11.4. The maximum atomic E-state index is 11.9. The van der Waals surface area contributed by atoms with E-state index in [4.69, 9.17) is 9.47 Å². The lowest BCUT2D eigenvalue weighted by molar-refractivity contribution is -0.0178. The highest BCUT2D eigenvalue weighted by Crippen LogP contribution is 2.56. The van der Waals surface area contributed by atoms with E-state index in [1.165, 1.54) is 29.8 Å².